The molecule has 0 saturated heterocycles. The van der Waals surface area contributed by atoms with Crippen LogP contribution in [0.25, 0.3) is 39.0 Å². The second kappa shape index (κ2) is 4.15. The summed E-state index contributed by atoms with van der Waals surface area (Å²) in [6, 6.07) is 8.43. The summed E-state index contributed by atoms with van der Waals surface area (Å²) in [7, 11) is 0. The van der Waals surface area contributed by atoms with Gasteiger partial charge in [-0.2, -0.15) is 0 Å². The molecule has 98 valence electrons. The van der Waals surface area contributed by atoms with E-state index in [1.54, 1.807) is 11.3 Å². The molecule has 0 aliphatic carbocycles. The number of hydrogen-bond donors (Lipinski definition) is 0. The van der Waals surface area contributed by atoms with E-state index in [4.69, 9.17) is 4.98 Å². The maximum absolute atomic E-state index is 4.72. The number of rotatable bonds is 0. The predicted octanol–water partition coefficient (Wildman–Crippen LogP) is 2.70. The minimum Gasteiger partial charge on any atom is -0.282 e. The van der Waals surface area contributed by atoms with Crippen LogP contribution in [0.2, 0.25) is 0 Å². The van der Waals surface area contributed by atoms with Crippen molar-refractivity contribution >= 4 is 50.4 Å². The zero-order valence-corrected chi connectivity index (χ0v) is 12.1. The Hall–Kier alpha value is -2.20. The second-order valence-corrected chi connectivity index (χ2v) is 5.51. The van der Waals surface area contributed by atoms with Gasteiger partial charge in [0.2, 0.25) is 0 Å². The minimum atomic E-state index is 0.830. The molecule has 0 bridgehead atoms. The van der Waals surface area contributed by atoms with Crippen LogP contribution in [0.3, 0.4) is 0 Å². The summed E-state index contributed by atoms with van der Waals surface area (Å²) in [5.41, 5.74) is 3.68. The summed E-state index contributed by atoms with van der Waals surface area (Å²) in [5, 5.41) is 4.86. The van der Waals surface area contributed by atoms with Crippen molar-refractivity contribution in [2.75, 3.05) is 0 Å². The zero-order chi connectivity index (χ0) is 13.7. The van der Waals surface area contributed by atoms with Crippen LogP contribution in [-0.2, 0) is 0 Å². The van der Waals surface area contributed by atoms with Crippen LogP contribution in [-0.4, -0.2) is 14.4 Å². The van der Waals surface area contributed by atoms with E-state index < -0.39 is 0 Å². The highest BCUT2D eigenvalue weighted by Gasteiger charge is 2.12. The van der Waals surface area contributed by atoms with Crippen molar-refractivity contribution in [3.8, 4) is 0 Å². The highest BCUT2D eigenvalue weighted by Crippen LogP contribution is 2.22. The van der Waals surface area contributed by atoms with Gasteiger partial charge in [-0.05, 0) is 19.2 Å². The summed E-state index contributed by atoms with van der Waals surface area (Å²) >= 11 is 1.64. The smallest absolute Gasteiger partial charge is 0.190 e. The molecule has 0 aliphatic heterocycles. The van der Waals surface area contributed by atoms with Crippen molar-refractivity contribution in [2.45, 2.75) is 13.8 Å². The summed E-state index contributed by atoms with van der Waals surface area (Å²) in [6.45, 7) is 4.16. The van der Waals surface area contributed by atoms with E-state index in [0.717, 1.165) is 16.1 Å². The first-order chi connectivity index (χ1) is 9.85. The molecule has 0 aliphatic rings. The number of benzene rings is 1. The SMILES string of the molecule is C/C=c1\c(=C/C)n2c(nc3ncsc32)c2ccccc12. The molecule has 1 aromatic carbocycles. The van der Waals surface area contributed by atoms with Gasteiger partial charge in [0.15, 0.2) is 5.65 Å². The predicted molar refractivity (Wildman–Crippen MR) is 85.4 cm³/mol. The molecular formula is C16H13N3S. The number of aromatic nitrogens is 3. The van der Waals surface area contributed by atoms with Gasteiger partial charge in [0, 0.05) is 10.6 Å². The molecule has 0 N–H and O–H groups in total. The van der Waals surface area contributed by atoms with E-state index in [2.05, 4.69) is 59.6 Å². The van der Waals surface area contributed by atoms with Gasteiger partial charge in [-0.1, -0.05) is 36.4 Å². The molecule has 4 heteroatoms. The Bertz CT molecular complexity index is 1070. The van der Waals surface area contributed by atoms with Crippen molar-refractivity contribution in [1.82, 2.24) is 14.4 Å². The van der Waals surface area contributed by atoms with E-state index in [0.29, 0.717) is 0 Å². The second-order valence-electron chi connectivity index (χ2n) is 4.67. The van der Waals surface area contributed by atoms with Gasteiger partial charge in [0.25, 0.3) is 0 Å². The first kappa shape index (κ1) is 11.6. The van der Waals surface area contributed by atoms with Crippen LogP contribution in [0.5, 0.6) is 0 Å². The number of hydrogen-bond acceptors (Lipinski definition) is 3. The molecule has 4 rings (SSSR count). The maximum Gasteiger partial charge on any atom is 0.190 e. The highest BCUT2D eigenvalue weighted by molar-refractivity contribution is 7.16. The van der Waals surface area contributed by atoms with Gasteiger partial charge in [-0.25, -0.2) is 9.97 Å². The molecule has 0 amide bonds. The Labute approximate surface area is 119 Å². The van der Waals surface area contributed by atoms with Crippen molar-refractivity contribution in [2.24, 2.45) is 0 Å². The fourth-order valence-corrected chi connectivity index (χ4v) is 3.62. The number of fused-ring (bicyclic) bond motifs is 5. The molecule has 3 heterocycles. The van der Waals surface area contributed by atoms with Crippen molar-refractivity contribution in [3.63, 3.8) is 0 Å². The monoisotopic (exact) mass is 279 g/mol. The van der Waals surface area contributed by atoms with Crippen molar-refractivity contribution < 1.29 is 0 Å². The fourth-order valence-electron chi connectivity index (χ4n) is 2.87. The quantitative estimate of drug-likeness (QED) is 0.495. The third-order valence-corrected chi connectivity index (χ3v) is 4.49. The Morgan fingerprint density at radius 2 is 1.90 bits per heavy atom. The molecule has 0 radical (unpaired) electrons. The van der Waals surface area contributed by atoms with Gasteiger partial charge in [0.05, 0.1) is 10.9 Å². The molecule has 20 heavy (non-hydrogen) atoms. The first-order valence-electron chi connectivity index (χ1n) is 6.60. The summed E-state index contributed by atoms with van der Waals surface area (Å²) < 4.78 is 2.23. The Morgan fingerprint density at radius 1 is 1.10 bits per heavy atom. The largest absolute Gasteiger partial charge is 0.282 e. The van der Waals surface area contributed by atoms with Crippen molar-refractivity contribution in [1.29, 1.82) is 0 Å². The minimum absolute atomic E-state index is 0.830. The van der Waals surface area contributed by atoms with Gasteiger partial charge >= 0.3 is 0 Å². The first-order valence-corrected chi connectivity index (χ1v) is 7.48. The number of pyridine rings is 1. The molecule has 0 fully saturated rings. The van der Waals surface area contributed by atoms with E-state index in [1.165, 1.54) is 21.3 Å². The van der Waals surface area contributed by atoms with Gasteiger partial charge in [-0.15, -0.1) is 11.3 Å². The van der Waals surface area contributed by atoms with Gasteiger partial charge < -0.3 is 0 Å². The van der Waals surface area contributed by atoms with Crippen LogP contribution < -0.4 is 10.6 Å². The standard InChI is InChI=1S/C16H13N3S/c1-3-10-11-7-5-6-8-12(11)15-18-14-16(20-9-17-14)19(15)13(10)4-2/h3-9H,1-2H3/b10-3-,13-4+. The molecule has 0 saturated carbocycles. The third-order valence-electron chi connectivity index (χ3n) is 3.69. The van der Waals surface area contributed by atoms with Crippen LogP contribution in [0.4, 0.5) is 0 Å². The lowest BCUT2D eigenvalue weighted by Gasteiger charge is -2.04. The Kier molecular flexibility index (Phi) is 2.41. The summed E-state index contributed by atoms with van der Waals surface area (Å²) in [6.07, 6.45) is 4.32. The average molecular weight is 279 g/mol. The summed E-state index contributed by atoms with van der Waals surface area (Å²) in [5.74, 6) is 0. The highest BCUT2D eigenvalue weighted by atomic mass is 32.1. The van der Waals surface area contributed by atoms with Crippen LogP contribution >= 0.6 is 11.3 Å². The topological polar surface area (TPSA) is 30.2 Å². The number of thiazole rings is 1. The van der Waals surface area contributed by atoms with Crippen LogP contribution in [0.15, 0.2) is 29.8 Å². The number of nitrogens with zero attached hydrogens (tertiary/aromatic N) is 3. The van der Waals surface area contributed by atoms with Crippen molar-refractivity contribution in [3.05, 3.63) is 40.3 Å². The van der Waals surface area contributed by atoms with E-state index >= 15 is 0 Å². The lowest BCUT2D eigenvalue weighted by atomic mass is 10.1. The van der Waals surface area contributed by atoms with Crippen LogP contribution in [0, 0.1) is 0 Å². The fraction of sp³-hybridized carbons (Fsp3) is 0.125. The molecule has 4 aromatic rings. The molecular weight excluding hydrogens is 266 g/mol. The molecule has 3 nitrogen and oxygen atoms in total. The molecule has 0 spiro atoms. The Morgan fingerprint density at radius 3 is 2.65 bits per heavy atom. The van der Waals surface area contributed by atoms with E-state index in [-0.39, 0.29) is 0 Å². The van der Waals surface area contributed by atoms with Gasteiger partial charge in [0.1, 0.15) is 10.5 Å². The van der Waals surface area contributed by atoms with Gasteiger partial charge in [-0.3, -0.25) is 4.40 Å². The van der Waals surface area contributed by atoms with E-state index in [9.17, 15) is 0 Å². The Balaban J connectivity index is 2.52. The average Bonchev–Trinajstić information content (AvgIpc) is 3.06. The van der Waals surface area contributed by atoms with E-state index in [1.807, 2.05) is 5.51 Å². The molecule has 3 aromatic heterocycles. The lowest BCUT2D eigenvalue weighted by molar-refractivity contribution is 1.17. The summed E-state index contributed by atoms with van der Waals surface area (Å²) in [4.78, 5) is 10.2. The molecule has 0 unspecified atom stereocenters. The normalized spacial score (nSPS) is 14.1. The lowest BCUT2D eigenvalue weighted by Crippen LogP contribution is -2.31. The zero-order valence-electron chi connectivity index (χ0n) is 11.3. The van der Waals surface area contributed by atoms with Crippen LogP contribution in [0.1, 0.15) is 13.8 Å². The number of imidazole rings is 1. The molecule has 0 atom stereocenters. The maximum atomic E-state index is 4.72. The third kappa shape index (κ3) is 1.34.